The number of hydrogen-bond acceptors (Lipinski definition) is 3. The molecular formula is C16H20N2O. The Morgan fingerprint density at radius 2 is 2.11 bits per heavy atom. The second kappa shape index (κ2) is 6.90. The van der Waals surface area contributed by atoms with Crippen LogP contribution in [-0.4, -0.2) is 11.6 Å². The standard InChI is InChI=1S/C16H20N2O/c1-3-19-16-6-4-5-14(9-16)10-18-12-15-11-17-8-7-13(15)2/h4-9,11,18H,3,10,12H2,1-2H3. The normalized spacial score (nSPS) is 10.4. The summed E-state index contributed by atoms with van der Waals surface area (Å²) in [6, 6.07) is 10.2. The maximum atomic E-state index is 5.49. The summed E-state index contributed by atoms with van der Waals surface area (Å²) in [6.45, 7) is 6.46. The molecule has 0 saturated carbocycles. The van der Waals surface area contributed by atoms with Crippen LogP contribution in [0.1, 0.15) is 23.6 Å². The Morgan fingerprint density at radius 3 is 2.89 bits per heavy atom. The smallest absolute Gasteiger partial charge is 0.119 e. The van der Waals surface area contributed by atoms with Gasteiger partial charge in [-0.1, -0.05) is 12.1 Å². The molecule has 1 aromatic heterocycles. The van der Waals surface area contributed by atoms with Gasteiger partial charge in [-0.05, 0) is 48.7 Å². The van der Waals surface area contributed by atoms with Gasteiger partial charge in [0.1, 0.15) is 5.75 Å². The fourth-order valence-electron chi connectivity index (χ4n) is 1.94. The zero-order chi connectivity index (χ0) is 13.5. The maximum Gasteiger partial charge on any atom is 0.119 e. The highest BCUT2D eigenvalue weighted by molar-refractivity contribution is 5.28. The Hall–Kier alpha value is -1.87. The number of aryl methyl sites for hydroxylation is 1. The molecule has 0 unspecified atom stereocenters. The fraction of sp³-hybridized carbons (Fsp3) is 0.312. The second-order valence-corrected chi connectivity index (χ2v) is 4.49. The van der Waals surface area contributed by atoms with Gasteiger partial charge in [0.2, 0.25) is 0 Å². The summed E-state index contributed by atoms with van der Waals surface area (Å²) in [5.74, 6) is 0.930. The van der Waals surface area contributed by atoms with Crippen LogP contribution in [0.2, 0.25) is 0 Å². The van der Waals surface area contributed by atoms with E-state index in [2.05, 4.69) is 29.4 Å². The van der Waals surface area contributed by atoms with Crippen molar-refractivity contribution in [3.63, 3.8) is 0 Å². The summed E-state index contributed by atoms with van der Waals surface area (Å²) in [5.41, 5.74) is 3.74. The Bertz CT molecular complexity index is 526. The van der Waals surface area contributed by atoms with Crippen molar-refractivity contribution in [2.45, 2.75) is 26.9 Å². The van der Waals surface area contributed by atoms with Crippen molar-refractivity contribution in [2.75, 3.05) is 6.61 Å². The molecule has 0 atom stereocenters. The SMILES string of the molecule is CCOc1cccc(CNCc2cnccc2C)c1. The third-order valence-electron chi connectivity index (χ3n) is 3.00. The van der Waals surface area contributed by atoms with Gasteiger partial charge < -0.3 is 10.1 Å². The first-order chi connectivity index (χ1) is 9.29. The van der Waals surface area contributed by atoms with Gasteiger partial charge in [0, 0.05) is 25.5 Å². The Morgan fingerprint density at radius 1 is 1.21 bits per heavy atom. The monoisotopic (exact) mass is 256 g/mol. The predicted molar refractivity (Wildman–Crippen MR) is 77.1 cm³/mol. The molecule has 0 aliphatic heterocycles. The van der Waals surface area contributed by atoms with E-state index < -0.39 is 0 Å². The molecule has 1 N–H and O–H groups in total. The van der Waals surface area contributed by atoms with E-state index in [0.717, 1.165) is 18.8 Å². The Labute approximate surface area is 114 Å². The molecule has 2 rings (SSSR count). The van der Waals surface area contributed by atoms with Crippen molar-refractivity contribution in [3.05, 3.63) is 59.4 Å². The number of nitrogens with zero attached hydrogens (tertiary/aromatic N) is 1. The first kappa shape index (κ1) is 13.6. The summed E-state index contributed by atoms with van der Waals surface area (Å²) in [5, 5.41) is 3.43. The average Bonchev–Trinajstić information content (AvgIpc) is 2.42. The first-order valence-electron chi connectivity index (χ1n) is 6.61. The third kappa shape index (κ3) is 4.07. The lowest BCUT2D eigenvalue weighted by Gasteiger charge is -2.09. The van der Waals surface area contributed by atoms with E-state index in [0.29, 0.717) is 6.61 Å². The largest absolute Gasteiger partial charge is 0.494 e. The van der Waals surface area contributed by atoms with Gasteiger partial charge in [-0.3, -0.25) is 4.98 Å². The summed E-state index contributed by atoms with van der Waals surface area (Å²) in [4.78, 5) is 4.15. The van der Waals surface area contributed by atoms with Crippen molar-refractivity contribution < 1.29 is 4.74 Å². The molecule has 0 radical (unpaired) electrons. The number of hydrogen-bond donors (Lipinski definition) is 1. The zero-order valence-electron chi connectivity index (χ0n) is 11.5. The van der Waals surface area contributed by atoms with Crippen LogP contribution in [-0.2, 0) is 13.1 Å². The summed E-state index contributed by atoms with van der Waals surface area (Å²) in [6.07, 6.45) is 3.74. The van der Waals surface area contributed by atoms with Crippen molar-refractivity contribution in [1.82, 2.24) is 10.3 Å². The van der Waals surface area contributed by atoms with Crippen LogP contribution in [0.5, 0.6) is 5.75 Å². The maximum absolute atomic E-state index is 5.49. The number of nitrogens with one attached hydrogen (secondary N) is 1. The van der Waals surface area contributed by atoms with Crippen LogP contribution in [0.15, 0.2) is 42.7 Å². The molecule has 3 nitrogen and oxygen atoms in total. The minimum atomic E-state index is 0.700. The molecule has 0 saturated heterocycles. The van der Waals surface area contributed by atoms with Crippen molar-refractivity contribution in [3.8, 4) is 5.75 Å². The van der Waals surface area contributed by atoms with Gasteiger partial charge >= 0.3 is 0 Å². The Kier molecular flexibility index (Phi) is 4.93. The predicted octanol–water partition coefficient (Wildman–Crippen LogP) is 3.08. The van der Waals surface area contributed by atoms with E-state index in [1.54, 1.807) is 0 Å². The van der Waals surface area contributed by atoms with Gasteiger partial charge in [0.05, 0.1) is 6.61 Å². The lowest BCUT2D eigenvalue weighted by atomic mass is 10.1. The highest BCUT2D eigenvalue weighted by atomic mass is 16.5. The van der Waals surface area contributed by atoms with Crippen molar-refractivity contribution >= 4 is 0 Å². The molecule has 0 fully saturated rings. The van der Waals surface area contributed by atoms with Gasteiger partial charge in [0.25, 0.3) is 0 Å². The molecule has 0 aliphatic rings. The molecule has 1 heterocycles. The molecule has 0 bridgehead atoms. The van der Waals surface area contributed by atoms with E-state index in [1.807, 2.05) is 37.5 Å². The highest BCUT2D eigenvalue weighted by Crippen LogP contribution is 2.13. The highest BCUT2D eigenvalue weighted by Gasteiger charge is 1.99. The quantitative estimate of drug-likeness (QED) is 0.862. The minimum Gasteiger partial charge on any atom is -0.494 e. The molecular weight excluding hydrogens is 236 g/mol. The molecule has 0 amide bonds. The van der Waals surface area contributed by atoms with Gasteiger partial charge in [-0.25, -0.2) is 0 Å². The third-order valence-corrected chi connectivity index (χ3v) is 3.00. The van der Waals surface area contributed by atoms with E-state index in [-0.39, 0.29) is 0 Å². The molecule has 19 heavy (non-hydrogen) atoms. The van der Waals surface area contributed by atoms with Crippen LogP contribution in [0.3, 0.4) is 0 Å². The Balaban J connectivity index is 1.89. The second-order valence-electron chi connectivity index (χ2n) is 4.49. The zero-order valence-corrected chi connectivity index (χ0v) is 11.5. The summed E-state index contributed by atoms with van der Waals surface area (Å²) >= 11 is 0. The molecule has 0 spiro atoms. The molecule has 1 aromatic carbocycles. The summed E-state index contributed by atoms with van der Waals surface area (Å²) in [7, 11) is 0. The van der Waals surface area contributed by atoms with Gasteiger partial charge in [0.15, 0.2) is 0 Å². The number of ether oxygens (including phenoxy) is 1. The topological polar surface area (TPSA) is 34.1 Å². The molecule has 0 aliphatic carbocycles. The summed E-state index contributed by atoms with van der Waals surface area (Å²) < 4.78 is 5.49. The molecule has 2 aromatic rings. The van der Waals surface area contributed by atoms with E-state index in [4.69, 9.17) is 4.74 Å². The van der Waals surface area contributed by atoms with E-state index >= 15 is 0 Å². The van der Waals surface area contributed by atoms with Crippen molar-refractivity contribution in [1.29, 1.82) is 0 Å². The number of aromatic nitrogens is 1. The molecule has 100 valence electrons. The number of rotatable bonds is 6. The fourth-order valence-corrected chi connectivity index (χ4v) is 1.94. The van der Waals surface area contributed by atoms with Crippen LogP contribution < -0.4 is 10.1 Å². The average molecular weight is 256 g/mol. The lowest BCUT2D eigenvalue weighted by molar-refractivity contribution is 0.340. The van der Waals surface area contributed by atoms with Crippen LogP contribution in [0.4, 0.5) is 0 Å². The van der Waals surface area contributed by atoms with Gasteiger partial charge in [-0.15, -0.1) is 0 Å². The minimum absolute atomic E-state index is 0.700. The number of pyridine rings is 1. The van der Waals surface area contributed by atoms with Crippen LogP contribution in [0, 0.1) is 6.92 Å². The van der Waals surface area contributed by atoms with Crippen molar-refractivity contribution in [2.24, 2.45) is 0 Å². The first-order valence-corrected chi connectivity index (χ1v) is 6.61. The number of benzene rings is 1. The lowest BCUT2D eigenvalue weighted by Crippen LogP contribution is -2.13. The molecule has 3 heteroatoms. The van der Waals surface area contributed by atoms with Crippen LogP contribution >= 0.6 is 0 Å². The van der Waals surface area contributed by atoms with Crippen LogP contribution in [0.25, 0.3) is 0 Å². The van der Waals surface area contributed by atoms with Gasteiger partial charge in [-0.2, -0.15) is 0 Å². The van der Waals surface area contributed by atoms with E-state index in [9.17, 15) is 0 Å². The van der Waals surface area contributed by atoms with E-state index in [1.165, 1.54) is 16.7 Å².